The van der Waals surface area contributed by atoms with Crippen LogP contribution in [0.1, 0.15) is 39.0 Å². The number of carbonyl (C=O) groups is 1. The maximum absolute atomic E-state index is 10.3. The van der Waals surface area contributed by atoms with Crippen molar-refractivity contribution in [2.45, 2.75) is 44.3 Å². The Morgan fingerprint density at radius 3 is 2.73 bits per heavy atom. The van der Waals surface area contributed by atoms with Gasteiger partial charge in [0.25, 0.3) is 0 Å². The van der Waals surface area contributed by atoms with Gasteiger partial charge < -0.3 is 5.11 Å². The summed E-state index contributed by atoms with van der Waals surface area (Å²) in [5.74, 6) is 0.864. The molecule has 0 aliphatic carbocycles. The first kappa shape index (κ1) is 15.5. The van der Waals surface area contributed by atoms with Crippen LogP contribution < -0.4 is 0 Å². The van der Waals surface area contributed by atoms with E-state index in [-0.39, 0.29) is 6.42 Å². The Morgan fingerprint density at radius 1 is 1.47 bits per heavy atom. The van der Waals surface area contributed by atoms with Gasteiger partial charge in [0.15, 0.2) is 0 Å². The van der Waals surface area contributed by atoms with Gasteiger partial charge in [-0.25, -0.2) is 0 Å². The SMILES string of the molecule is CCCCCC(CS)SSCCC(=O)O. The maximum atomic E-state index is 10.3. The minimum absolute atomic E-state index is 0.256. The number of rotatable bonds is 10. The fourth-order valence-electron chi connectivity index (χ4n) is 1.07. The minimum Gasteiger partial charge on any atom is -0.481 e. The van der Waals surface area contributed by atoms with Crippen molar-refractivity contribution in [2.24, 2.45) is 0 Å². The van der Waals surface area contributed by atoms with Crippen LogP contribution in [-0.2, 0) is 4.79 Å². The molecule has 0 aliphatic rings. The molecular formula is C10H20O2S3. The Hall–Kier alpha value is 0.520. The molecule has 0 aromatic rings. The van der Waals surface area contributed by atoms with Crippen molar-refractivity contribution in [3.8, 4) is 0 Å². The molecule has 15 heavy (non-hydrogen) atoms. The number of hydrogen-bond donors (Lipinski definition) is 2. The number of hydrogen-bond acceptors (Lipinski definition) is 4. The van der Waals surface area contributed by atoms with Crippen molar-refractivity contribution in [3.63, 3.8) is 0 Å². The lowest BCUT2D eigenvalue weighted by Gasteiger charge is -2.12. The summed E-state index contributed by atoms with van der Waals surface area (Å²) < 4.78 is 0. The van der Waals surface area contributed by atoms with Gasteiger partial charge in [-0.2, -0.15) is 12.6 Å². The number of unbranched alkanes of at least 4 members (excludes halogenated alkanes) is 2. The molecule has 1 unspecified atom stereocenters. The second-order valence-corrected chi connectivity index (χ2v) is 6.51. The normalized spacial score (nSPS) is 12.7. The van der Waals surface area contributed by atoms with Crippen molar-refractivity contribution in [3.05, 3.63) is 0 Å². The van der Waals surface area contributed by atoms with Crippen molar-refractivity contribution >= 4 is 40.2 Å². The van der Waals surface area contributed by atoms with Gasteiger partial charge in [-0.1, -0.05) is 47.8 Å². The molecule has 0 spiro atoms. The third kappa shape index (κ3) is 10.8. The van der Waals surface area contributed by atoms with Gasteiger partial charge in [-0.05, 0) is 6.42 Å². The predicted molar refractivity (Wildman–Crippen MR) is 74.1 cm³/mol. The van der Waals surface area contributed by atoms with Gasteiger partial charge in [0.05, 0.1) is 6.42 Å². The molecule has 1 atom stereocenters. The summed E-state index contributed by atoms with van der Waals surface area (Å²) in [5.41, 5.74) is 0. The molecule has 0 aromatic carbocycles. The molecule has 0 amide bonds. The fourth-order valence-corrected chi connectivity index (χ4v) is 4.25. The molecule has 0 radical (unpaired) electrons. The largest absolute Gasteiger partial charge is 0.481 e. The molecule has 0 bridgehead atoms. The molecule has 2 nitrogen and oxygen atoms in total. The standard InChI is InChI=1S/C10H20O2S3/c1-2-3-4-5-9(8-13)15-14-7-6-10(11)12/h9,13H,2-8H2,1H3,(H,11,12). The number of aliphatic carboxylic acids is 1. The van der Waals surface area contributed by atoms with Gasteiger partial charge in [-0.15, -0.1) is 0 Å². The van der Waals surface area contributed by atoms with E-state index in [4.69, 9.17) is 5.11 Å². The Bertz CT molecular complexity index is 165. The maximum Gasteiger partial charge on any atom is 0.304 e. The van der Waals surface area contributed by atoms with E-state index >= 15 is 0 Å². The van der Waals surface area contributed by atoms with Crippen LogP contribution in [0.2, 0.25) is 0 Å². The first-order chi connectivity index (χ1) is 7.20. The monoisotopic (exact) mass is 268 g/mol. The van der Waals surface area contributed by atoms with Crippen LogP contribution in [0.25, 0.3) is 0 Å². The molecule has 5 heteroatoms. The van der Waals surface area contributed by atoms with Gasteiger partial charge in [0.2, 0.25) is 0 Å². The quantitative estimate of drug-likeness (QED) is 0.360. The number of carboxylic acid groups (broad SMARTS) is 1. The van der Waals surface area contributed by atoms with Crippen LogP contribution in [-0.4, -0.2) is 27.8 Å². The van der Waals surface area contributed by atoms with E-state index in [1.165, 1.54) is 25.7 Å². The summed E-state index contributed by atoms with van der Waals surface area (Å²) in [5, 5.41) is 9.04. The molecule has 0 saturated heterocycles. The Morgan fingerprint density at radius 2 is 2.20 bits per heavy atom. The van der Waals surface area contributed by atoms with Crippen molar-refractivity contribution < 1.29 is 9.90 Å². The zero-order valence-electron chi connectivity index (χ0n) is 9.15. The summed E-state index contributed by atoms with van der Waals surface area (Å²) in [6.45, 7) is 2.20. The van der Waals surface area contributed by atoms with Crippen LogP contribution in [0.3, 0.4) is 0 Å². The lowest BCUT2D eigenvalue weighted by molar-refractivity contribution is -0.136. The van der Waals surface area contributed by atoms with Crippen LogP contribution in [0.4, 0.5) is 0 Å². The molecule has 0 rings (SSSR count). The highest BCUT2D eigenvalue weighted by Crippen LogP contribution is 2.31. The van der Waals surface area contributed by atoms with E-state index in [0.717, 1.165) is 5.75 Å². The lowest BCUT2D eigenvalue weighted by Crippen LogP contribution is -2.03. The van der Waals surface area contributed by atoms with Gasteiger partial charge in [0.1, 0.15) is 0 Å². The second kappa shape index (κ2) is 11.0. The van der Waals surface area contributed by atoms with E-state index in [1.54, 1.807) is 21.6 Å². The molecule has 90 valence electrons. The third-order valence-corrected chi connectivity index (χ3v) is 5.53. The first-order valence-corrected chi connectivity index (χ1v) is 8.33. The lowest BCUT2D eigenvalue weighted by atomic mass is 10.2. The highest BCUT2D eigenvalue weighted by molar-refractivity contribution is 8.77. The van der Waals surface area contributed by atoms with Crippen molar-refractivity contribution in [2.75, 3.05) is 11.5 Å². The smallest absolute Gasteiger partial charge is 0.304 e. The Labute approximate surface area is 106 Å². The highest BCUT2D eigenvalue weighted by atomic mass is 33.1. The van der Waals surface area contributed by atoms with Crippen LogP contribution in [0, 0.1) is 0 Å². The van der Waals surface area contributed by atoms with Crippen LogP contribution in [0.5, 0.6) is 0 Å². The summed E-state index contributed by atoms with van der Waals surface area (Å²) in [6, 6.07) is 0. The zero-order chi connectivity index (χ0) is 11.5. The van der Waals surface area contributed by atoms with E-state index in [0.29, 0.717) is 11.0 Å². The second-order valence-electron chi connectivity index (χ2n) is 3.36. The first-order valence-electron chi connectivity index (χ1n) is 5.31. The number of thiol groups is 1. The van der Waals surface area contributed by atoms with E-state index in [2.05, 4.69) is 19.6 Å². The average Bonchev–Trinajstić information content (AvgIpc) is 2.21. The van der Waals surface area contributed by atoms with E-state index in [1.807, 2.05) is 0 Å². The van der Waals surface area contributed by atoms with E-state index in [9.17, 15) is 4.79 Å². The fraction of sp³-hybridized carbons (Fsp3) is 0.900. The van der Waals surface area contributed by atoms with Crippen LogP contribution >= 0.6 is 34.2 Å². The zero-order valence-corrected chi connectivity index (χ0v) is 11.7. The van der Waals surface area contributed by atoms with Gasteiger partial charge in [0, 0.05) is 16.8 Å². The Kier molecular flexibility index (Phi) is 11.4. The average molecular weight is 268 g/mol. The molecular weight excluding hydrogens is 248 g/mol. The summed E-state index contributed by atoms with van der Waals surface area (Å²) in [6.07, 6.45) is 5.24. The van der Waals surface area contributed by atoms with Crippen LogP contribution in [0.15, 0.2) is 0 Å². The number of carboxylic acids is 1. The Balaban J connectivity index is 3.39. The molecule has 0 saturated carbocycles. The third-order valence-electron chi connectivity index (χ3n) is 1.94. The van der Waals surface area contributed by atoms with Crippen molar-refractivity contribution in [1.82, 2.24) is 0 Å². The minimum atomic E-state index is -0.712. The molecule has 0 heterocycles. The van der Waals surface area contributed by atoms with Gasteiger partial charge in [-0.3, -0.25) is 4.79 Å². The van der Waals surface area contributed by atoms with Crippen molar-refractivity contribution in [1.29, 1.82) is 0 Å². The van der Waals surface area contributed by atoms with Gasteiger partial charge >= 0.3 is 5.97 Å². The molecule has 0 aromatic heterocycles. The predicted octanol–water partition coefficient (Wildman–Crippen LogP) is 3.72. The molecule has 1 N–H and O–H groups in total. The topological polar surface area (TPSA) is 37.3 Å². The summed E-state index contributed by atoms with van der Waals surface area (Å²) in [7, 11) is 3.45. The summed E-state index contributed by atoms with van der Waals surface area (Å²) in [4.78, 5) is 10.3. The van der Waals surface area contributed by atoms with E-state index < -0.39 is 5.97 Å². The highest BCUT2D eigenvalue weighted by Gasteiger charge is 2.07. The molecule has 0 fully saturated rings. The molecule has 0 aliphatic heterocycles. The summed E-state index contributed by atoms with van der Waals surface area (Å²) >= 11 is 4.31.